The fourth-order valence-electron chi connectivity index (χ4n) is 1.82. The van der Waals surface area contributed by atoms with Gasteiger partial charge < -0.3 is 10.5 Å². The van der Waals surface area contributed by atoms with E-state index in [0.29, 0.717) is 0 Å². The molecular weight excluding hydrogens is 300 g/mol. The number of rotatable bonds is 4. The van der Waals surface area contributed by atoms with Gasteiger partial charge in [-0.3, -0.25) is 0 Å². The Labute approximate surface area is 121 Å². The largest absolute Gasteiger partial charge is 0.497 e. The van der Waals surface area contributed by atoms with E-state index in [2.05, 4.69) is 0 Å². The van der Waals surface area contributed by atoms with Crippen molar-refractivity contribution in [2.24, 2.45) is 0 Å². The molecule has 0 radical (unpaired) electrons. The topological polar surface area (TPSA) is 69.4 Å². The molecule has 2 rings (SSSR count). The van der Waals surface area contributed by atoms with Crippen molar-refractivity contribution < 1.29 is 21.9 Å². The summed E-state index contributed by atoms with van der Waals surface area (Å²) in [4.78, 5) is -0.282. The lowest BCUT2D eigenvalue weighted by atomic mass is 10.2. The summed E-state index contributed by atoms with van der Waals surface area (Å²) in [6.45, 7) is 0. The van der Waals surface area contributed by atoms with Crippen LogP contribution >= 0.6 is 0 Å². The van der Waals surface area contributed by atoms with Crippen molar-refractivity contribution in [3.8, 4) is 5.75 Å². The van der Waals surface area contributed by atoms with Gasteiger partial charge in [-0.1, -0.05) is 6.07 Å². The molecule has 0 aliphatic rings. The van der Waals surface area contributed by atoms with Crippen molar-refractivity contribution in [2.45, 2.75) is 10.6 Å². The molecule has 7 heteroatoms. The van der Waals surface area contributed by atoms with E-state index < -0.39 is 27.2 Å². The first kappa shape index (κ1) is 15.2. The number of hydrogen-bond acceptors (Lipinski definition) is 4. The number of sulfone groups is 1. The smallest absolute Gasteiger partial charge is 0.182 e. The summed E-state index contributed by atoms with van der Waals surface area (Å²) in [5, 5.41) is 0. The third-order valence-corrected chi connectivity index (χ3v) is 4.50. The van der Waals surface area contributed by atoms with Crippen molar-refractivity contribution in [3.05, 3.63) is 53.6 Å². The van der Waals surface area contributed by atoms with Gasteiger partial charge in [0.15, 0.2) is 9.84 Å². The van der Waals surface area contributed by atoms with Crippen molar-refractivity contribution in [1.29, 1.82) is 0 Å². The summed E-state index contributed by atoms with van der Waals surface area (Å²) in [6, 6.07) is 6.85. The van der Waals surface area contributed by atoms with Crippen LogP contribution in [-0.4, -0.2) is 15.5 Å². The highest BCUT2D eigenvalue weighted by atomic mass is 32.2. The summed E-state index contributed by atoms with van der Waals surface area (Å²) in [5.41, 5.74) is 5.38. The Bertz CT molecular complexity index is 756. The fourth-order valence-corrected chi connectivity index (χ4v) is 3.24. The van der Waals surface area contributed by atoms with E-state index >= 15 is 0 Å². The molecule has 2 aromatic rings. The van der Waals surface area contributed by atoms with Crippen molar-refractivity contribution in [3.63, 3.8) is 0 Å². The number of anilines is 1. The van der Waals surface area contributed by atoms with E-state index in [-0.39, 0.29) is 21.9 Å². The first-order valence-corrected chi connectivity index (χ1v) is 7.58. The maximum absolute atomic E-state index is 13.8. The first-order valence-electron chi connectivity index (χ1n) is 5.93. The van der Waals surface area contributed by atoms with Gasteiger partial charge in [0.1, 0.15) is 17.4 Å². The summed E-state index contributed by atoms with van der Waals surface area (Å²) in [7, 11) is -2.53. The van der Waals surface area contributed by atoms with Crippen LogP contribution in [0.3, 0.4) is 0 Å². The Balaban J connectivity index is 2.37. The molecule has 0 atom stereocenters. The minimum absolute atomic E-state index is 0.0104. The van der Waals surface area contributed by atoms with Gasteiger partial charge in [0.2, 0.25) is 0 Å². The molecule has 4 nitrogen and oxygen atoms in total. The number of nitrogens with two attached hydrogens (primary N) is 1. The Kier molecular flexibility index (Phi) is 4.13. The predicted octanol–water partition coefficient (Wildman–Crippen LogP) is 2.53. The maximum Gasteiger partial charge on any atom is 0.182 e. The lowest BCUT2D eigenvalue weighted by Gasteiger charge is -2.08. The fraction of sp³-hybridized carbons (Fsp3) is 0.143. The number of methoxy groups -OCH3 is 1. The highest BCUT2D eigenvalue weighted by molar-refractivity contribution is 7.90. The SMILES string of the molecule is COc1ccc(CS(=O)(=O)c2cc(N)cc(F)c2)c(F)c1. The van der Waals surface area contributed by atoms with Crippen LogP contribution in [0.1, 0.15) is 5.56 Å². The summed E-state index contributed by atoms with van der Waals surface area (Å²) >= 11 is 0. The maximum atomic E-state index is 13.8. The van der Waals surface area contributed by atoms with Gasteiger partial charge >= 0.3 is 0 Å². The molecule has 0 aliphatic carbocycles. The van der Waals surface area contributed by atoms with Crippen molar-refractivity contribution >= 4 is 15.5 Å². The van der Waals surface area contributed by atoms with Crippen molar-refractivity contribution in [1.82, 2.24) is 0 Å². The van der Waals surface area contributed by atoms with Gasteiger partial charge in [0.05, 0.1) is 17.8 Å². The summed E-state index contributed by atoms with van der Waals surface area (Å²) in [6.07, 6.45) is 0. The number of hydrogen-bond donors (Lipinski definition) is 1. The van der Waals surface area contributed by atoms with Gasteiger partial charge in [0.25, 0.3) is 0 Å². The zero-order valence-corrected chi connectivity index (χ0v) is 12.0. The van der Waals surface area contributed by atoms with Gasteiger partial charge in [-0.05, 0) is 24.3 Å². The molecule has 0 saturated carbocycles. The van der Waals surface area contributed by atoms with E-state index in [0.717, 1.165) is 24.3 Å². The molecule has 112 valence electrons. The highest BCUT2D eigenvalue weighted by Crippen LogP contribution is 2.23. The molecule has 0 aliphatic heterocycles. The van der Waals surface area contributed by atoms with E-state index in [4.69, 9.17) is 10.5 Å². The molecule has 0 bridgehead atoms. The molecule has 2 aromatic carbocycles. The third-order valence-electron chi connectivity index (χ3n) is 2.86. The lowest BCUT2D eigenvalue weighted by Crippen LogP contribution is -2.07. The van der Waals surface area contributed by atoms with Crippen LogP contribution in [-0.2, 0) is 15.6 Å². The van der Waals surface area contributed by atoms with Crippen molar-refractivity contribution in [2.75, 3.05) is 12.8 Å². The molecule has 0 saturated heterocycles. The Morgan fingerprint density at radius 1 is 1.14 bits per heavy atom. The summed E-state index contributed by atoms with van der Waals surface area (Å²) in [5.74, 6) is -1.78. The third kappa shape index (κ3) is 3.49. The second-order valence-electron chi connectivity index (χ2n) is 4.44. The van der Waals surface area contributed by atoms with E-state index in [1.54, 1.807) is 0 Å². The average Bonchev–Trinajstić information content (AvgIpc) is 2.40. The monoisotopic (exact) mass is 313 g/mol. The molecular formula is C14H13F2NO3S. The van der Waals surface area contributed by atoms with Gasteiger partial charge in [-0.25, -0.2) is 17.2 Å². The number of nitrogen functional groups attached to an aromatic ring is 1. The predicted molar refractivity (Wildman–Crippen MR) is 74.7 cm³/mol. The molecule has 21 heavy (non-hydrogen) atoms. The minimum Gasteiger partial charge on any atom is -0.497 e. The molecule has 2 N–H and O–H groups in total. The van der Waals surface area contributed by atoms with Crippen LogP contribution in [0, 0.1) is 11.6 Å². The second kappa shape index (κ2) is 5.69. The van der Waals surface area contributed by atoms with E-state index in [9.17, 15) is 17.2 Å². The van der Waals surface area contributed by atoms with Crippen LogP contribution in [0.25, 0.3) is 0 Å². The second-order valence-corrected chi connectivity index (χ2v) is 6.43. The van der Waals surface area contributed by atoms with Crippen LogP contribution in [0.15, 0.2) is 41.3 Å². The number of ether oxygens (including phenoxy) is 1. The number of halogens is 2. The molecule has 0 unspecified atom stereocenters. The van der Waals surface area contributed by atoms with Crippen LogP contribution in [0.2, 0.25) is 0 Å². The average molecular weight is 313 g/mol. The van der Waals surface area contributed by atoms with Gasteiger partial charge in [-0.15, -0.1) is 0 Å². The normalized spacial score (nSPS) is 11.4. The first-order chi connectivity index (χ1) is 9.81. The van der Waals surface area contributed by atoms with E-state index in [1.165, 1.54) is 19.2 Å². The Hall–Kier alpha value is -2.15. The summed E-state index contributed by atoms with van der Waals surface area (Å²) < 4.78 is 56.3. The Morgan fingerprint density at radius 3 is 2.43 bits per heavy atom. The van der Waals surface area contributed by atoms with Gasteiger partial charge in [0, 0.05) is 17.3 Å². The molecule has 0 fully saturated rings. The molecule has 0 amide bonds. The molecule has 0 spiro atoms. The highest BCUT2D eigenvalue weighted by Gasteiger charge is 2.19. The zero-order valence-electron chi connectivity index (χ0n) is 11.1. The van der Waals surface area contributed by atoms with E-state index in [1.807, 2.05) is 0 Å². The zero-order chi connectivity index (χ0) is 15.6. The Morgan fingerprint density at radius 2 is 1.86 bits per heavy atom. The molecule has 0 heterocycles. The van der Waals surface area contributed by atoms with Crippen LogP contribution in [0.5, 0.6) is 5.75 Å². The quantitative estimate of drug-likeness (QED) is 0.881. The lowest BCUT2D eigenvalue weighted by molar-refractivity contribution is 0.411. The standard InChI is InChI=1S/C14H13F2NO3S/c1-20-12-3-2-9(14(16)7-12)8-21(18,19)13-5-10(15)4-11(17)6-13/h2-7H,8,17H2,1H3. The minimum atomic E-state index is -3.90. The van der Waals surface area contributed by atoms with Gasteiger partial charge in [-0.2, -0.15) is 0 Å². The van der Waals surface area contributed by atoms with Crippen LogP contribution in [0.4, 0.5) is 14.5 Å². The van der Waals surface area contributed by atoms with Crippen LogP contribution < -0.4 is 10.5 Å². The number of benzene rings is 2. The molecule has 0 aromatic heterocycles.